The van der Waals surface area contributed by atoms with Gasteiger partial charge in [0.25, 0.3) is 5.91 Å². The third-order valence-electron chi connectivity index (χ3n) is 2.98. The quantitative estimate of drug-likeness (QED) is 0.877. The molecule has 20 heavy (non-hydrogen) atoms. The summed E-state index contributed by atoms with van der Waals surface area (Å²) in [6.45, 7) is 0.551. The van der Waals surface area contributed by atoms with Crippen molar-refractivity contribution < 1.29 is 14.6 Å². The average molecular weight is 271 g/mol. The van der Waals surface area contributed by atoms with Crippen LogP contribution in [-0.4, -0.2) is 24.7 Å². The number of nitrogens with one attached hydrogen (secondary N) is 1. The first kappa shape index (κ1) is 13.9. The van der Waals surface area contributed by atoms with Gasteiger partial charge >= 0.3 is 0 Å². The van der Waals surface area contributed by atoms with Crippen molar-refractivity contribution in [2.75, 3.05) is 13.7 Å². The van der Waals surface area contributed by atoms with Crippen molar-refractivity contribution in [2.45, 2.75) is 6.42 Å². The summed E-state index contributed by atoms with van der Waals surface area (Å²) in [5.74, 6) is 0.105. The summed E-state index contributed by atoms with van der Waals surface area (Å²) in [4.78, 5) is 11.9. The van der Waals surface area contributed by atoms with E-state index in [1.165, 1.54) is 18.7 Å². The van der Waals surface area contributed by atoms with Gasteiger partial charge in [-0.2, -0.15) is 0 Å². The molecule has 4 heteroatoms. The number of phenols is 1. The summed E-state index contributed by atoms with van der Waals surface area (Å²) in [5, 5.41) is 12.5. The molecule has 0 saturated carbocycles. The molecule has 0 bridgehead atoms. The van der Waals surface area contributed by atoms with Gasteiger partial charge < -0.3 is 15.2 Å². The summed E-state index contributed by atoms with van der Waals surface area (Å²) in [6, 6.07) is 14.5. The Morgan fingerprint density at radius 3 is 2.60 bits per heavy atom. The van der Waals surface area contributed by atoms with E-state index in [1.807, 2.05) is 30.3 Å². The van der Waals surface area contributed by atoms with Crippen LogP contribution >= 0.6 is 0 Å². The second-order valence-corrected chi connectivity index (χ2v) is 4.38. The molecule has 0 atom stereocenters. The molecule has 4 nitrogen and oxygen atoms in total. The lowest BCUT2D eigenvalue weighted by Gasteiger charge is -2.07. The highest BCUT2D eigenvalue weighted by molar-refractivity contribution is 5.94. The Kier molecular flexibility index (Phi) is 4.60. The van der Waals surface area contributed by atoms with Gasteiger partial charge in [-0.15, -0.1) is 0 Å². The van der Waals surface area contributed by atoms with Gasteiger partial charge in [0, 0.05) is 12.1 Å². The second-order valence-electron chi connectivity index (χ2n) is 4.38. The standard InChI is InChI=1S/C16H17NO3/c1-20-15-8-7-13(11-14(15)18)16(19)17-10-9-12-5-3-2-4-6-12/h2-8,11,18H,9-10H2,1H3,(H,17,19). The molecule has 2 rings (SSSR count). The van der Waals surface area contributed by atoms with Crippen LogP contribution in [0.3, 0.4) is 0 Å². The molecule has 0 unspecified atom stereocenters. The maximum Gasteiger partial charge on any atom is 0.251 e. The van der Waals surface area contributed by atoms with E-state index in [-0.39, 0.29) is 11.7 Å². The normalized spacial score (nSPS) is 10.1. The van der Waals surface area contributed by atoms with Crippen molar-refractivity contribution >= 4 is 5.91 Å². The molecule has 0 radical (unpaired) electrons. The average Bonchev–Trinajstić information content (AvgIpc) is 2.48. The third-order valence-corrected chi connectivity index (χ3v) is 2.98. The smallest absolute Gasteiger partial charge is 0.251 e. The summed E-state index contributed by atoms with van der Waals surface area (Å²) in [7, 11) is 1.47. The number of hydrogen-bond donors (Lipinski definition) is 2. The number of phenolic OH excluding ortho intramolecular Hbond substituents is 1. The number of ether oxygens (including phenoxy) is 1. The fourth-order valence-electron chi connectivity index (χ4n) is 1.90. The Bertz CT molecular complexity index is 582. The molecule has 0 fully saturated rings. The lowest BCUT2D eigenvalue weighted by molar-refractivity contribution is 0.0953. The summed E-state index contributed by atoms with van der Waals surface area (Å²) >= 11 is 0. The molecule has 2 aromatic carbocycles. The van der Waals surface area contributed by atoms with Gasteiger partial charge in [-0.1, -0.05) is 30.3 Å². The molecule has 0 heterocycles. The van der Waals surface area contributed by atoms with Gasteiger partial charge in [0.2, 0.25) is 0 Å². The van der Waals surface area contributed by atoms with E-state index in [0.717, 1.165) is 6.42 Å². The van der Waals surface area contributed by atoms with Crippen LogP contribution < -0.4 is 10.1 Å². The van der Waals surface area contributed by atoms with Crippen molar-refractivity contribution in [3.05, 3.63) is 59.7 Å². The molecule has 0 aromatic heterocycles. The minimum atomic E-state index is -0.209. The van der Waals surface area contributed by atoms with E-state index in [4.69, 9.17) is 4.74 Å². The van der Waals surface area contributed by atoms with Crippen LogP contribution in [-0.2, 0) is 6.42 Å². The second kappa shape index (κ2) is 6.61. The minimum absolute atomic E-state index is 0.0387. The predicted octanol–water partition coefficient (Wildman–Crippen LogP) is 2.37. The van der Waals surface area contributed by atoms with Gasteiger partial charge in [0.15, 0.2) is 11.5 Å². The van der Waals surface area contributed by atoms with E-state index < -0.39 is 0 Å². The van der Waals surface area contributed by atoms with Crippen LogP contribution in [0.2, 0.25) is 0 Å². The first-order chi connectivity index (χ1) is 9.70. The Labute approximate surface area is 118 Å². The van der Waals surface area contributed by atoms with Crippen LogP contribution in [0.5, 0.6) is 11.5 Å². The third kappa shape index (κ3) is 3.51. The van der Waals surface area contributed by atoms with E-state index >= 15 is 0 Å². The Hall–Kier alpha value is -2.49. The van der Waals surface area contributed by atoms with E-state index in [0.29, 0.717) is 17.9 Å². The number of methoxy groups -OCH3 is 1. The lowest BCUT2D eigenvalue weighted by Crippen LogP contribution is -2.25. The van der Waals surface area contributed by atoms with Crippen LogP contribution in [0.4, 0.5) is 0 Å². The molecular weight excluding hydrogens is 254 g/mol. The molecule has 2 aromatic rings. The van der Waals surface area contributed by atoms with Gasteiger partial charge in [-0.3, -0.25) is 4.79 Å². The van der Waals surface area contributed by atoms with Gasteiger partial charge in [0.05, 0.1) is 7.11 Å². The van der Waals surface area contributed by atoms with Crippen LogP contribution in [0.1, 0.15) is 15.9 Å². The van der Waals surface area contributed by atoms with Crippen molar-refractivity contribution in [3.63, 3.8) is 0 Å². The monoisotopic (exact) mass is 271 g/mol. The van der Waals surface area contributed by atoms with E-state index in [2.05, 4.69) is 5.32 Å². The first-order valence-electron chi connectivity index (χ1n) is 6.40. The number of carbonyl (C=O) groups is 1. The molecule has 0 saturated heterocycles. The highest BCUT2D eigenvalue weighted by atomic mass is 16.5. The van der Waals surface area contributed by atoms with Crippen LogP contribution in [0.15, 0.2) is 48.5 Å². The van der Waals surface area contributed by atoms with E-state index in [1.54, 1.807) is 12.1 Å². The van der Waals surface area contributed by atoms with Crippen LogP contribution in [0.25, 0.3) is 0 Å². The maximum absolute atomic E-state index is 11.9. The summed E-state index contributed by atoms with van der Waals surface area (Å²) in [5.41, 5.74) is 1.58. The van der Waals surface area contributed by atoms with Gasteiger partial charge in [0.1, 0.15) is 0 Å². The van der Waals surface area contributed by atoms with Crippen molar-refractivity contribution in [1.29, 1.82) is 0 Å². The number of benzene rings is 2. The zero-order valence-electron chi connectivity index (χ0n) is 11.3. The predicted molar refractivity (Wildman–Crippen MR) is 77.1 cm³/mol. The highest BCUT2D eigenvalue weighted by Crippen LogP contribution is 2.26. The fraction of sp³-hybridized carbons (Fsp3) is 0.188. The van der Waals surface area contributed by atoms with Crippen LogP contribution in [0, 0.1) is 0 Å². The van der Waals surface area contributed by atoms with Crippen molar-refractivity contribution in [1.82, 2.24) is 5.32 Å². The lowest BCUT2D eigenvalue weighted by atomic mass is 10.1. The molecule has 0 aliphatic rings. The van der Waals surface area contributed by atoms with Crippen molar-refractivity contribution in [3.8, 4) is 11.5 Å². The minimum Gasteiger partial charge on any atom is -0.504 e. The van der Waals surface area contributed by atoms with E-state index in [9.17, 15) is 9.90 Å². The highest BCUT2D eigenvalue weighted by Gasteiger charge is 2.08. The topological polar surface area (TPSA) is 58.6 Å². The van der Waals surface area contributed by atoms with Crippen molar-refractivity contribution in [2.24, 2.45) is 0 Å². The molecule has 0 aliphatic carbocycles. The Morgan fingerprint density at radius 2 is 1.95 bits per heavy atom. The Morgan fingerprint density at radius 1 is 1.20 bits per heavy atom. The zero-order chi connectivity index (χ0) is 14.4. The van der Waals surface area contributed by atoms with Gasteiger partial charge in [-0.25, -0.2) is 0 Å². The Balaban J connectivity index is 1.90. The SMILES string of the molecule is COc1ccc(C(=O)NCCc2ccccc2)cc1O. The zero-order valence-corrected chi connectivity index (χ0v) is 11.3. The number of rotatable bonds is 5. The summed E-state index contributed by atoms with van der Waals surface area (Å²) < 4.78 is 4.94. The number of carbonyl (C=O) groups excluding carboxylic acids is 1. The molecule has 0 aliphatic heterocycles. The number of hydrogen-bond acceptors (Lipinski definition) is 3. The molecule has 0 spiro atoms. The molecule has 104 valence electrons. The number of amides is 1. The fourth-order valence-corrected chi connectivity index (χ4v) is 1.90. The number of aromatic hydroxyl groups is 1. The molecule has 2 N–H and O–H groups in total. The molecular formula is C16H17NO3. The molecule has 1 amide bonds. The maximum atomic E-state index is 11.9. The summed E-state index contributed by atoms with van der Waals surface area (Å²) in [6.07, 6.45) is 0.773. The first-order valence-corrected chi connectivity index (χ1v) is 6.40. The van der Waals surface area contributed by atoms with Gasteiger partial charge in [-0.05, 0) is 30.2 Å². The largest absolute Gasteiger partial charge is 0.504 e.